The van der Waals surface area contributed by atoms with Crippen LogP contribution in [0.1, 0.15) is 49.8 Å². The molecule has 4 aliphatic rings. The van der Waals surface area contributed by atoms with Crippen LogP contribution in [0.2, 0.25) is 0 Å². The molecule has 0 radical (unpaired) electrons. The van der Waals surface area contributed by atoms with Crippen LogP contribution >= 0.6 is 0 Å². The summed E-state index contributed by atoms with van der Waals surface area (Å²) in [4.78, 5) is 34.1. The lowest BCUT2D eigenvalue weighted by Gasteiger charge is -2.53. The van der Waals surface area contributed by atoms with Crippen LogP contribution in [0, 0.1) is 19.3 Å². The van der Waals surface area contributed by atoms with E-state index in [4.69, 9.17) is 24.4 Å². The third-order valence-corrected chi connectivity index (χ3v) is 10.6. The third kappa shape index (κ3) is 5.05. The first-order valence-corrected chi connectivity index (χ1v) is 16.6. The summed E-state index contributed by atoms with van der Waals surface area (Å²) in [5, 5.41) is 8.52. The number of hydrogen-bond donors (Lipinski definition) is 1. The number of aromatic amines is 1. The van der Waals surface area contributed by atoms with Gasteiger partial charge in [-0.2, -0.15) is 15.1 Å². The second-order valence-electron chi connectivity index (χ2n) is 13.8. The van der Waals surface area contributed by atoms with Crippen LogP contribution in [-0.2, 0) is 4.79 Å². The number of carbonyl (C=O) groups is 1. The fourth-order valence-corrected chi connectivity index (χ4v) is 7.61. The van der Waals surface area contributed by atoms with Crippen molar-refractivity contribution in [3.8, 4) is 22.9 Å². The predicted molar refractivity (Wildman–Crippen MR) is 177 cm³/mol. The summed E-state index contributed by atoms with van der Waals surface area (Å²) in [7, 11) is 2.15. The molecule has 1 amide bonds. The lowest BCUT2D eigenvalue weighted by molar-refractivity contribution is -0.139. The van der Waals surface area contributed by atoms with E-state index in [-0.39, 0.29) is 17.4 Å². The Bertz CT molecular complexity index is 1830. The number of piperidine rings is 1. The Morgan fingerprint density at radius 1 is 1.07 bits per heavy atom. The number of rotatable bonds is 8. The van der Waals surface area contributed by atoms with Gasteiger partial charge in [0.1, 0.15) is 17.6 Å². The number of pyridine rings is 1. The summed E-state index contributed by atoms with van der Waals surface area (Å²) in [6, 6.07) is 4.89. The van der Waals surface area contributed by atoms with Crippen LogP contribution < -0.4 is 14.4 Å². The summed E-state index contributed by atoms with van der Waals surface area (Å²) in [6.45, 7) is 12.7. The molecule has 0 bridgehead atoms. The van der Waals surface area contributed by atoms with Crippen LogP contribution in [0.4, 0.5) is 5.82 Å². The molecule has 6 heterocycles. The number of nitrogens with zero attached hydrogens (tertiary/aromatic N) is 7. The number of aromatic nitrogens is 5. The summed E-state index contributed by atoms with van der Waals surface area (Å²) < 4.78 is 13.2. The molecule has 1 saturated carbocycles. The summed E-state index contributed by atoms with van der Waals surface area (Å²) in [5.41, 5.74) is 6.57. The van der Waals surface area contributed by atoms with E-state index in [1.165, 1.54) is 12.5 Å². The van der Waals surface area contributed by atoms with Gasteiger partial charge >= 0.3 is 6.01 Å². The Hall–Kier alpha value is -4.25. The Balaban J connectivity index is 1.23. The maximum absolute atomic E-state index is 12.2. The number of aryl methyl sites for hydroxylation is 2. The van der Waals surface area contributed by atoms with E-state index in [0.717, 1.165) is 115 Å². The number of likely N-dealkylation sites (tertiary alicyclic amines) is 2. The average molecular weight is 623 g/mol. The molecule has 11 nitrogen and oxygen atoms in total. The van der Waals surface area contributed by atoms with Crippen molar-refractivity contribution in [2.45, 2.75) is 64.5 Å². The standard InChI is InChI=1S/C35H42N8O3/c1-5-27(44)43-19-35(20-43)12-15-42(16-13-35)33-31-30(38-34(39-33)45-18-23-7-6-14-41(23)4)32(46-24-9-10-24)29(22(3)37-31)28-21(2)8-11-26-25(28)17-36-40-26/h5,8,11,17,23-24H,1,6-7,9-10,12-16,18-20H2,2-4H3,(H,36,40)/t23-/m0/s1. The van der Waals surface area contributed by atoms with E-state index in [1.54, 1.807) is 0 Å². The van der Waals surface area contributed by atoms with Crippen LogP contribution in [-0.4, -0.2) is 99.4 Å². The number of carbonyl (C=O) groups excluding carboxylic acids is 1. The van der Waals surface area contributed by atoms with Crippen molar-refractivity contribution in [2.24, 2.45) is 5.41 Å². The van der Waals surface area contributed by atoms with Gasteiger partial charge in [0.05, 0.1) is 17.8 Å². The minimum absolute atomic E-state index is 0.0181. The largest absolute Gasteiger partial charge is 0.487 e. The Morgan fingerprint density at radius 2 is 1.87 bits per heavy atom. The maximum atomic E-state index is 12.2. The molecule has 8 rings (SSSR count). The van der Waals surface area contributed by atoms with Gasteiger partial charge in [-0.25, -0.2) is 4.98 Å². The lowest BCUT2D eigenvalue weighted by Crippen LogP contribution is -2.61. The van der Waals surface area contributed by atoms with Crippen molar-refractivity contribution in [2.75, 3.05) is 51.3 Å². The van der Waals surface area contributed by atoms with Crippen molar-refractivity contribution in [3.63, 3.8) is 0 Å². The van der Waals surface area contributed by atoms with Crippen molar-refractivity contribution >= 4 is 33.7 Å². The molecule has 4 aromatic rings. The van der Waals surface area contributed by atoms with Gasteiger partial charge in [-0.1, -0.05) is 12.6 Å². The highest BCUT2D eigenvalue weighted by Crippen LogP contribution is 2.47. The average Bonchev–Trinajstić information content (AvgIpc) is 3.56. The van der Waals surface area contributed by atoms with Gasteiger partial charge in [-0.3, -0.25) is 9.89 Å². The molecular weight excluding hydrogens is 580 g/mol. The molecule has 1 aliphatic carbocycles. The molecule has 3 saturated heterocycles. The van der Waals surface area contributed by atoms with Gasteiger partial charge < -0.3 is 24.2 Å². The number of anilines is 1. The highest BCUT2D eigenvalue weighted by molar-refractivity contribution is 6.03. The Labute approximate surface area is 269 Å². The molecule has 1 N–H and O–H groups in total. The van der Waals surface area contributed by atoms with Gasteiger partial charge in [-0.15, -0.1) is 0 Å². The second kappa shape index (κ2) is 11.2. The quantitative estimate of drug-likeness (QED) is 0.277. The molecule has 46 heavy (non-hydrogen) atoms. The number of H-pyrrole nitrogens is 1. The third-order valence-electron chi connectivity index (χ3n) is 10.6. The zero-order valence-corrected chi connectivity index (χ0v) is 27.0. The summed E-state index contributed by atoms with van der Waals surface area (Å²) in [5.74, 6) is 1.56. The first-order chi connectivity index (χ1) is 22.3. The van der Waals surface area contributed by atoms with E-state index < -0.39 is 0 Å². The lowest BCUT2D eigenvalue weighted by atomic mass is 9.72. The molecule has 3 aliphatic heterocycles. The molecule has 3 aromatic heterocycles. The van der Waals surface area contributed by atoms with Gasteiger partial charge in [0.25, 0.3) is 0 Å². The van der Waals surface area contributed by atoms with Crippen molar-refractivity contribution < 1.29 is 14.3 Å². The molecule has 4 fully saturated rings. The predicted octanol–water partition coefficient (Wildman–Crippen LogP) is 4.81. The SMILES string of the molecule is C=CC(=O)N1CC2(CCN(c3nc(OC[C@@H]4CCCN4C)nc4c(OC5CC5)c(-c5c(C)ccc6[nH]ncc56)c(C)nc34)CC2)C1. The molecule has 11 heteroatoms. The number of nitrogens with one attached hydrogen (secondary N) is 1. The minimum atomic E-state index is 0.0181. The van der Waals surface area contributed by atoms with E-state index in [0.29, 0.717) is 24.2 Å². The van der Waals surface area contributed by atoms with E-state index in [2.05, 4.69) is 59.6 Å². The minimum Gasteiger partial charge on any atom is -0.487 e. The van der Waals surface area contributed by atoms with Gasteiger partial charge in [-0.05, 0) is 83.7 Å². The Morgan fingerprint density at radius 3 is 2.59 bits per heavy atom. The van der Waals surface area contributed by atoms with E-state index in [9.17, 15) is 4.79 Å². The Kier molecular flexibility index (Phi) is 7.12. The number of amides is 1. The zero-order chi connectivity index (χ0) is 31.6. The molecule has 1 atom stereocenters. The number of benzene rings is 1. The highest BCUT2D eigenvalue weighted by Gasteiger charge is 2.46. The monoisotopic (exact) mass is 622 g/mol. The zero-order valence-electron chi connectivity index (χ0n) is 27.0. The number of hydrogen-bond acceptors (Lipinski definition) is 9. The number of fused-ring (bicyclic) bond motifs is 2. The molecule has 1 aromatic carbocycles. The van der Waals surface area contributed by atoms with E-state index >= 15 is 0 Å². The van der Waals surface area contributed by atoms with E-state index in [1.807, 2.05) is 11.1 Å². The highest BCUT2D eigenvalue weighted by atomic mass is 16.5. The van der Waals surface area contributed by atoms with Crippen molar-refractivity contribution in [1.29, 1.82) is 0 Å². The number of ether oxygens (including phenoxy) is 2. The smallest absolute Gasteiger partial charge is 0.319 e. The van der Waals surface area contributed by atoms with Crippen LogP contribution in [0.15, 0.2) is 31.0 Å². The maximum Gasteiger partial charge on any atom is 0.319 e. The first-order valence-electron chi connectivity index (χ1n) is 16.6. The first kappa shape index (κ1) is 29.2. The fraction of sp³-hybridized carbons (Fsp3) is 0.514. The van der Waals surface area contributed by atoms with Crippen LogP contribution in [0.25, 0.3) is 33.1 Å². The molecule has 1 spiro atoms. The normalized spacial score (nSPS) is 21.2. The molecular formula is C35H42N8O3. The molecule has 240 valence electrons. The fourth-order valence-electron chi connectivity index (χ4n) is 7.61. The summed E-state index contributed by atoms with van der Waals surface area (Å²) in [6.07, 6.45) is 9.72. The van der Waals surface area contributed by atoms with Crippen molar-refractivity contribution in [1.82, 2.24) is 34.9 Å². The molecule has 0 unspecified atom stereocenters. The van der Waals surface area contributed by atoms with Gasteiger partial charge in [0.2, 0.25) is 5.91 Å². The summed E-state index contributed by atoms with van der Waals surface area (Å²) >= 11 is 0. The number of likely N-dealkylation sites (N-methyl/N-ethyl adjacent to an activating group) is 1. The second-order valence-corrected chi connectivity index (χ2v) is 13.8. The van der Waals surface area contributed by atoms with Crippen molar-refractivity contribution in [3.05, 3.63) is 42.2 Å². The van der Waals surface area contributed by atoms with Gasteiger partial charge in [0.15, 0.2) is 11.6 Å². The van der Waals surface area contributed by atoms with Crippen LogP contribution in [0.3, 0.4) is 0 Å². The van der Waals surface area contributed by atoms with Crippen LogP contribution in [0.5, 0.6) is 11.8 Å². The topological polar surface area (TPSA) is 113 Å². The van der Waals surface area contributed by atoms with Gasteiger partial charge in [0, 0.05) is 59.8 Å².